The molecule has 0 fully saturated rings. The molecule has 0 aromatic carbocycles. The van der Waals surface area contributed by atoms with Gasteiger partial charge in [0.05, 0.1) is 6.42 Å². The molecule has 1 rings (SSSR count). The molecule has 18 heavy (non-hydrogen) atoms. The van der Waals surface area contributed by atoms with Crippen LogP contribution in [-0.2, 0) is 4.79 Å². The molecule has 1 aromatic heterocycles. The van der Waals surface area contributed by atoms with Gasteiger partial charge in [-0.15, -0.1) is 0 Å². The van der Waals surface area contributed by atoms with Crippen LogP contribution in [0.2, 0.25) is 0 Å². The number of amides is 1. The maximum Gasteiger partial charge on any atom is 0.305 e. The van der Waals surface area contributed by atoms with Gasteiger partial charge in [0.15, 0.2) is 0 Å². The summed E-state index contributed by atoms with van der Waals surface area (Å²) in [4.78, 5) is 24.4. The molecule has 1 amide bonds. The number of carbonyl (C=O) groups is 2. The summed E-state index contributed by atoms with van der Waals surface area (Å²) >= 11 is 0. The molecule has 1 heterocycles. The zero-order valence-electron chi connectivity index (χ0n) is 11.1. The zero-order valence-corrected chi connectivity index (χ0v) is 11.1. The van der Waals surface area contributed by atoms with Gasteiger partial charge in [0.2, 0.25) is 0 Å². The van der Waals surface area contributed by atoms with Gasteiger partial charge in [-0.2, -0.15) is 5.10 Å². The number of aliphatic carboxylic acids is 1. The summed E-state index contributed by atoms with van der Waals surface area (Å²) in [7, 11) is 0. The lowest BCUT2D eigenvalue weighted by molar-refractivity contribution is -0.137. The minimum atomic E-state index is -0.921. The Balaban J connectivity index is 2.89. The molecule has 0 saturated carbocycles. The van der Waals surface area contributed by atoms with E-state index in [0.717, 1.165) is 5.69 Å². The van der Waals surface area contributed by atoms with E-state index in [4.69, 9.17) is 5.11 Å². The molecule has 1 aromatic rings. The van der Waals surface area contributed by atoms with Gasteiger partial charge in [-0.3, -0.25) is 14.7 Å². The Morgan fingerprint density at radius 2 is 2.06 bits per heavy atom. The van der Waals surface area contributed by atoms with Crippen molar-refractivity contribution in [3.05, 3.63) is 17.5 Å². The minimum Gasteiger partial charge on any atom is -0.481 e. The second-order valence-corrected chi connectivity index (χ2v) is 5.21. The smallest absolute Gasteiger partial charge is 0.305 e. The van der Waals surface area contributed by atoms with Crippen molar-refractivity contribution in [3.63, 3.8) is 0 Å². The number of hydrogen-bond donors (Lipinski definition) is 2. The number of nitrogens with one attached hydrogen (secondary N) is 1. The van der Waals surface area contributed by atoms with Crippen molar-refractivity contribution in [1.29, 1.82) is 0 Å². The number of aromatic nitrogens is 2. The molecular formula is C12H19N3O3. The first-order valence-electron chi connectivity index (χ1n) is 5.77. The van der Waals surface area contributed by atoms with Crippen LogP contribution in [0, 0.1) is 6.92 Å². The normalized spacial score (nSPS) is 11.3. The van der Waals surface area contributed by atoms with Crippen molar-refractivity contribution >= 4 is 11.9 Å². The Hall–Kier alpha value is -1.85. The van der Waals surface area contributed by atoms with Crippen LogP contribution in [0.3, 0.4) is 0 Å². The second-order valence-electron chi connectivity index (χ2n) is 5.21. The molecule has 2 N–H and O–H groups in total. The fourth-order valence-electron chi connectivity index (χ4n) is 1.61. The van der Waals surface area contributed by atoms with Crippen LogP contribution in [0.25, 0.3) is 0 Å². The summed E-state index contributed by atoms with van der Waals surface area (Å²) in [6, 6.07) is 1.65. The first kappa shape index (κ1) is 14.2. The number of H-pyrrole nitrogens is 1. The number of carbonyl (C=O) groups excluding carboxylic acids is 1. The average molecular weight is 253 g/mol. The van der Waals surface area contributed by atoms with Crippen molar-refractivity contribution in [2.24, 2.45) is 0 Å². The van der Waals surface area contributed by atoms with Crippen LogP contribution in [0.15, 0.2) is 6.07 Å². The fraction of sp³-hybridized carbons (Fsp3) is 0.583. The third-order valence-corrected chi connectivity index (χ3v) is 2.53. The predicted octanol–water partition coefficient (Wildman–Crippen LogP) is 1.43. The van der Waals surface area contributed by atoms with Crippen molar-refractivity contribution in [2.75, 3.05) is 6.54 Å². The summed E-state index contributed by atoms with van der Waals surface area (Å²) in [6.45, 7) is 7.58. The van der Waals surface area contributed by atoms with Gasteiger partial charge >= 0.3 is 5.97 Å². The highest BCUT2D eigenvalue weighted by atomic mass is 16.4. The van der Waals surface area contributed by atoms with Crippen molar-refractivity contribution < 1.29 is 14.7 Å². The first-order chi connectivity index (χ1) is 8.21. The molecular weight excluding hydrogens is 234 g/mol. The molecule has 100 valence electrons. The highest BCUT2D eigenvalue weighted by Gasteiger charge is 2.28. The Morgan fingerprint density at radius 1 is 1.44 bits per heavy atom. The van der Waals surface area contributed by atoms with Gasteiger partial charge in [0.1, 0.15) is 5.69 Å². The minimum absolute atomic E-state index is 0.0770. The largest absolute Gasteiger partial charge is 0.481 e. The van der Waals surface area contributed by atoms with E-state index in [1.165, 1.54) is 4.90 Å². The molecule has 0 aliphatic rings. The molecule has 0 unspecified atom stereocenters. The van der Waals surface area contributed by atoms with Crippen LogP contribution < -0.4 is 0 Å². The highest BCUT2D eigenvalue weighted by Crippen LogP contribution is 2.17. The molecule has 0 bridgehead atoms. The summed E-state index contributed by atoms with van der Waals surface area (Å²) in [6.07, 6.45) is -0.0770. The van der Waals surface area contributed by atoms with Gasteiger partial charge in [0, 0.05) is 17.8 Å². The van der Waals surface area contributed by atoms with E-state index in [9.17, 15) is 9.59 Å². The summed E-state index contributed by atoms with van der Waals surface area (Å²) in [5, 5.41) is 15.3. The van der Waals surface area contributed by atoms with Crippen molar-refractivity contribution in [1.82, 2.24) is 15.1 Å². The van der Waals surface area contributed by atoms with Crippen LogP contribution in [0.4, 0.5) is 0 Å². The SMILES string of the molecule is Cc1cc(C(=O)N(CCC(=O)O)C(C)(C)C)n[nH]1. The molecule has 0 radical (unpaired) electrons. The number of nitrogens with zero attached hydrogens (tertiary/aromatic N) is 2. The molecule has 0 atom stereocenters. The third kappa shape index (κ3) is 3.58. The molecule has 6 heteroatoms. The zero-order chi connectivity index (χ0) is 13.9. The quantitative estimate of drug-likeness (QED) is 0.850. The van der Waals surface area contributed by atoms with Gasteiger partial charge in [-0.25, -0.2) is 0 Å². The van der Waals surface area contributed by atoms with E-state index in [1.807, 2.05) is 27.7 Å². The lowest BCUT2D eigenvalue weighted by Crippen LogP contribution is -2.46. The Bertz CT molecular complexity index is 446. The van der Waals surface area contributed by atoms with E-state index in [0.29, 0.717) is 5.69 Å². The van der Waals surface area contributed by atoms with E-state index in [1.54, 1.807) is 6.07 Å². The predicted molar refractivity (Wildman–Crippen MR) is 66.4 cm³/mol. The molecule has 6 nitrogen and oxygen atoms in total. The first-order valence-corrected chi connectivity index (χ1v) is 5.77. The number of rotatable bonds is 4. The highest BCUT2D eigenvalue weighted by molar-refractivity contribution is 5.93. The van der Waals surface area contributed by atoms with E-state index >= 15 is 0 Å². The fourth-order valence-corrected chi connectivity index (χ4v) is 1.61. The average Bonchev–Trinajstić information content (AvgIpc) is 2.62. The molecule has 0 aliphatic carbocycles. The topological polar surface area (TPSA) is 86.3 Å². The summed E-state index contributed by atoms with van der Waals surface area (Å²) < 4.78 is 0. The maximum absolute atomic E-state index is 12.3. The summed E-state index contributed by atoms with van der Waals surface area (Å²) in [5.74, 6) is -1.18. The number of aryl methyl sites for hydroxylation is 1. The number of carboxylic acid groups (broad SMARTS) is 1. The molecule has 0 aliphatic heterocycles. The van der Waals surface area contributed by atoms with Gasteiger partial charge < -0.3 is 10.0 Å². The monoisotopic (exact) mass is 253 g/mol. The van der Waals surface area contributed by atoms with Crippen LogP contribution in [-0.4, -0.2) is 44.2 Å². The number of hydrogen-bond acceptors (Lipinski definition) is 3. The van der Waals surface area contributed by atoms with Crippen molar-refractivity contribution in [3.8, 4) is 0 Å². The second kappa shape index (κ2) is 5.20. The lowest BCUT2D eigenvalue weighted by Gasteiger charge is -2.34. The standard InChI is InChI=1S/C12H19N3O3/c1-8-7-9(14-13-8)11(18)15(12(2,3)4)6-5-10(16)17/h7H,5-6H2,1-4H3,(H,13,14)(H,16,17). The van der Waals surface area contributed by atoms with E-state index in [-0.39, 0.29) is 18.9 Å². The lowest BCUT2D eigenvalue weighted by atomic mass is 10.0. The third-order valence-electron chi connectivity index (χ3n) is 2.53. The van der Waals surface area contributed by atoms with Gasteiger partial charge in [0.25, 0.3) is 5.91 Å². The number of carboxylic acids is 1. The van der Waals surface area contributed by atoms with Crippen LogP contribution in [0.5, 0.6) is 0 Å². The Morgan fingerprint density at radius 3 is 2.44 bits per heavy atom. The molecule has 0 saturated heterocycles. The van der Waals surface area contributed by atoms with Crippen molar-refractivity contribution in [2.45, 2.75) is 39.7 Å². The van der Waals surface area contributed by atoms with Gasteiger partial charge in [-0.1, -0.05) is 0 Å². The maximum atomic E-state index is 12.3. The Kier molecular flexibility index (Phi) is 4.11. The van der Waals surface area contributed by atoms with Gasteiger partial charge in [-0.05, 0) is 33.8 Å². The van der Waals surface area contributed by atoms with E-state index in [2.05, 4.69) is 10.2 Å². The summed E-state index contributed by atoms with van der Waals surface area (Å²) in [5.41, 5.74) is 0.664. The van der Waals surface area contributed by atoms with Crippen LogP contribution in [0.1, 0.15) is 43.4 Å². The Labute approximate surface area is 106 Å². The number of aromatic amines is 1. The van der Waals surface area contributed by atoms with Crippen LogP contribution >= 0.6 is 0 Å². The molecule has 0 spiro atoms. The van der Waals surface area contributed by atoms with E-state index < -0.39 is 11.5 Å².